The van der Waals surface area contributed by atoms with Gasteiger partial charge in [0.15, 0.2) is 0 Å². The molecule has 0 heterocycles. The highest BCUT2D eigenvalue weighted by Crippen LogP contribution is 2.22. The number of hydrogen-bond donors (Lipinski definition) is 1. The first-order chi connectivity index (χ1) is 3.89. The van der Waals surface area contributed by atoms with E-state index in [-0.39, 0.29) is 0 Å². The van der Waals surface area contributed by atoms with Gasteiger partial charge in [-0.2, -0.15) is 0 Å². The highest BCUT2D eigenvalue weighted by atomic mass is 79.9. The van der Waals surface area contributed by atoms with Crippen molar-refractivity contribution in [1.29, 1.82) is 0 Å². The zero-order valence-corrected chi connectivity index (χ0v) is 7.20. The third kappa shape index (κ3) is 2.06. The van der Waals surface area contributed by atoms with E-state index in [1.165, 1.54) is 6.92 Å². The average molecular weight is 196 g/mol. The zero-order valence-electron chi connectivity index (χ0n) is 5.62. The van der Waals surface area contributed by atoms with E-state index in [2.05, 4.69) is 22.5 Å². The normalized spacial score (nSPS) is 20.6. The van der Waals surface area contributed by atoms with Gasteiger partial charge in [0.25, 0.3) is 0 Å². The summed E-state index contributed by atoms with van der Waals surface area (Å²) in [5.74, 6) is 0. The van der Waals surface area contributed by atoms with Crippen LogP contribution in [0.15, 0.2) is 11.1 Å². The molecule has 0 rings (SSSR count). The van der Waals surface area contributed by atoms with Crippen molar-refractivity contribution in [2.75, 3.05) is 0 Å². The van der Waals surface area contributed by atoms with Gasteiger partial charge in [0.2, 0.25) is 0 Å². The molecule has 0 spiro atoms. The van der Waals surface area contributed by atoms with Gasteiger partial charge in [-0.25, -0.2) is 4.39 Å². The molecule has 2 N–H and O–H groups in total. The molecular weight excluding hydrogens is 185 g/mol. The Morgan fingerprint density at radius 3 is 2.22 bits per heavy atom. The van der Waals surface area contributed by atoms with Gasteiger partial charge >= 0.3 is 0 Å². The lowest BCUT2D eigenvalue weighted by Crippen LogP contribution is -2.44. The highest BCUT2D eigenvalue weighted by molar-refractivity contribution is 9.11. The maximum absolute atomic E-state index is 12.5. The van der Waals surface area contributed by atoms with Gasteiger partial charge in [0, 0.05) is 4.48 Å². The van der Waals surface area contributed by atoms with Crippen molar-refractivity contribution < 1.29 is 4.39 Å². The van der Waals surface area contributed by atoms with E-state index < -0.39 is 11.7 Å². The Kier molecular flexibility index (Phi) is 2.83. The summed E-state index contributed by atoms with van der Waals surface area (Å²) in [4.78, 5) is 0. The summed E-state index contributed by atoms with van der Waals surface area (Å²) in [6, 6.07) is 0. The van der Waals surface area contributed by atoms with Crippen molar-refractivity contribution in [3.63, 3.8) is 0 Å². The van der Waals surface area contributed by atoms with Crippen LogP contribution in [0.5, 0.6) is 0 Å². The van der Waals surface area contributed by atoms with Crippen molar-refractivity contribution in [2.45, 2.75) is 25.6 Å². The lowest BCUT2D eigenvalue weighted by atomic mass is 9.99. The van der Waals surface area contributed by atoms with Crippen LogP contribution in [0.2, 0.25) is 0 Å². The molecule has 0 aliphatic heterocycles. The fourth-order valence-electron chi connectivity index (χ4n) is 0.216. The van der Waals surface area contributed by atoms with Gasteiger partial charge in [-0.1, -0.05) is 22.5 Å². The van der Waals surface area contributed by atoms with Gasteiger partial charge in [-0.3, -0.25) is 0 Å². The van der Waals surface area contributed by atoms with Crippen LogP contribution >= 0.6 is 15.9 Å². The molecule has 0 fully saturated rings. The van der Waals surface area contributed by atoms with Crippen LogP contribution in [0.1, 0.15) is 13.8 Å². The second-order valence-electron chi connectivity index (χ2n) is 2.30. The predicted molar refractivity (Wildman–Crippen MR) is 41.2 cm³/mol. The number of rotatable bonds is 2. The minimum absolute atomic E-state index is 0.491. The number of nitrogens with two attached hydrogens (primary N) is 1. The Morgan fingerprint density at radius 2 is 2.22 bits per heavy atom. The van der Waals surface area contributed by atoms with E-state index in [1.807, 2.05) is 0 Å². The van der Waals surface area contributed by atoms with Crippen molar-refractivity contribution in [2.24, 2.45) is 5.73 Å². The van der Waals surface area contributed by atoms with Crippen molar-refractivity contribution in [1.82, 2.24) is 0 Å². The summed E-state index contributed by atoms with van der Waals surface area (Å²) in [6.07, 6.45) is -1.08. The molecule has 1 unspecified atom stereocenters. The molecular formula is C6H11BrFN. The van der Waals surface area contributed by atoms with Crippen molar-refractivity contribution in [3.05, 3.63) is 11.1 Å². The molecule has 1 nitrogen and oxygen atoms in total. The highest BCUT2D eigenvalue weighted by Gasteiger charge is 2.27. The summed E-state index contributed by atoms with van der Waals surface area (Å²) in [6.45, 7) is 6.50. The Balaban J connectivity index is 4.19. The molecule has 0 amide bonds. The van der Waals surface area contributed by atoms with E-state index in [4.69, 9.17) is 5.73 Å². The predicted octanol–water partition coefficient (Wildman–Crippen LogP) is 1.97. The molecule has 0 aliphatic carbocycles. The smallest absolute Gasteiger partial charge is 0.120 e. The molecule has 0 aromatic carbocycles. The van der Waals surface area contributed by atoms with Crippen molar-refractivity contribution >= 4 is 15.9 Å². The lowest BCUT2D eigenvalue weighted by Gasteiger charge is -2.24. The minimum Gasteiger partial charge on any atom is -0.319 e. The second kappa shape index (κ2) is 2.80. The van der Waals surface area contributed by atoms with Crippen LogP contribution in [-0.4, -0.2) is 11.7 Å². The molecule has 2 atom stereocenters. The minimum atomic E-state index is -1.08. The first-order valence-electron chi connectivity index (χ1n) is 2.67. The average Bonchev–Trinajstić information content (AvgIpc) is 1.65. The molecule has 0 bridgehead atoms. The summed E-state index contributed by atoms with van der Waals surface area (Å²) in [5, 5.41) is 0. The van der Waals surface area contributed by atoms with Crippen LogP contribution < -0.4 is 5.73 Å². The molecule has 0 radical (unpaired) electrons. The topological polar surface area (TPSA) is 26.0 Å². The van der Waals surface area contributed by atoms with Crippen LogP contribution in [0.25, 0.3) is 0 Å². The van der Waals surface area contributed by atoms with Gasteiger partial charge in [0.1, 0.15) is 6.17 Å². The Hall–Kier alpha value is 0.110. The van der Waals surface area contributed by atoms with Crippen LogP contribution in [-0.2, 0) is 0 Å². The third-order valence-electron chi connectivity index (χ3n) is 1.41. The molecule has 0 saturated heterocycles. The molecule has 0 aliphatic rings. The number of hydrogen-bond acceptors (Lipinski definition) is 1. The summed E-state index contributed by atoms with van der Waals surface area (Å²) < 4.78 is 13.0. The quantitative estimate of drug-likeness (QED) is 0.717. The molecule has 54 valence electrons. The lowest BCUT2D eigenvalue weighted by molar-refractivity contribution is 0.263. The van der Waals surface area contributed by atoms with Crippen molar-refractivity contribution in [3.8, 4) is 0 Å². The first kappa shape index (κ1) is 9.11. The molecule has 0 saturated carbocycles. The monoisotopic (exact) mass is 195 g/mol. The van der Waals surface area contributed by atoms with E-state index in [0.29, 0.717) is 4.48 Å². The fourth-order valence-corrected chi connectivity index (χ4v) is 0.531. The Labute approximate surface area is 63.2 Å². The summed E-state index contributed by atoms with van der Waals surface area (Å²) in [5.41, 5.74) is 4.54. The first-order valence-corrected chi connectivity index (χ1v) is 3.46. The number of halogens is 2. The largest absolute Gasteiger partial charge is 0.319 e. The maximum Gasteiger partial charge on any atom is 0.120 e. The van der Waals surface area contributed by atoms with E-state index >= 15 is 0 Å². The summed E-state index contributed by atoms with van der Waals surface area (Å²) >= 11 is 3.04. The van der Waals surface area contributed by atoms with Gasteiger partial charge < -0.3 is 5.73 Å². The molecule has 0 aromatic heterocycles. The maximum atomic E-state index is 12.5. The van der Waals surface area contributed by atoms with Crippen LogP contribution in [0.3, 0.4) is 0 Å². The van der Waals surface area contributed by atoms with E-state index in [1.54, 1.807) is 6.92 Å². The zero-order chi connectivity index (χ0) is 7.65. The Morgan fingerprint density at radius 1 is 1.89 bits per heavy atom. The van der Waals surface area contributed by atoms with Gasteiger partial charge in [-0.15, -0.1) is 0 Å². The third-order valence-corrected chi connectivity index (χ3v) is 2.27. The standard InChI is InChI=1S/C6H11BrFN/c1-4(7)6(3,9)5(2)8/h5H,1,9H2,2-3H3/t5-,6?/m0/s1. The summed E-state index contributed by atoms with van der Waals surface area (Å²) in [7, 11) is 0. The Bertz CT molecular complexity index is 120. The van der Waals surface area contributed by atoms with E-state index in [0.717, 1.165) is 0 Å². The molecule has 0 aromatic rings. The fraction of sp³-hybridized carbons (Fsp3) is 0.667. The van der Waals surface area contributed by atoms with Gasteiger partial charge in [0.05, 0.1) is 5.54 Å². The van der Waals surface area contributed by atoms with E-state index in [9.17, 15) is 4.39 Å². The van der Waals surface area contributed by atoms with Gasteiger partial charge in [-0.05, 0) is 13.8 Å². The SMILES string of the molecule is C=C(Br)C(C)(N)[C@H](C)F. The molecule has 3 heteroatoms. The second-order valence-corrected chi connectivity index (χ2v) is 3.26. The molecule has 9 heavy (non-hydrogen) atoms. The van der Waals surface area contributed by atoms with Crippen LogP contribution in [0, 0.1) is 0 Å². The number of alkyl halides is 1. The van der Waals surface area contributed by atoms with Crippen LogP contribution in [0.4, 0.5) is 4.39 Å².